The molecule has 0 unspecified atom stereocenters. The molecule has 0 atom stereocenters. The highest BCUT2D eigenvalue weighted by Crippen LogP contribution is 2.17. The summed E-state index contributed by atoms with van der Waals surface area (Å²) in [5.41, 5.74) is 9.36. The van der Waals surface area contributed by atoms with Crippen molar-refractivity contribution >= 4 is 13.3 Å². The molecule has 0 bridgehead atoms. The molecule has 0 aromatic heterocycles. The molecule has 0 aliphatic heterocycles. The van der Waals surface area contributed by atoms with E-state index in [0.29, 0.717) is 7.85 Å². The van der Waals surface area contributed by atoms with Crippen LogP contribution in [0.5, 0.6) is 0 Å². The van der Waals surface area contributed by atoms with Crippen molar-refractivity contribution in [2.24, 2.45) is 0 Å². The first-order chi connectivity index (χ1) is 5.46. The Bertz CT molecular complexity index is 219. The summed E-state index contributed by atoms with van der Waals surface area (Å²) in [7, 11) is 0.342. The van der Waals surface area contributed by atoms with Gasteiger partial charge in [0.15, 0.2) is 0 Å². The molecule has 0 saturated carbocycles. The van der Waals surface area contributed by atoms with Crippen molar-refractivity contribution in [1.82, 2.24) is 0 Å². The first-order valence-corrected chi connectivity index (χ1v) is 4.00. The van der Waals surface area contributed by atoms with Crippen LogP contribution in [0.3, 0.4) is 0 Å². The quantitative estimate of drug-likeness (QED) is 0.502. The minimum atomic E-state index is 0.342. The third-order valence-corrected chi connectivity index (χ3v) is 2.62. The summed E-state index contributed by atoms with van der Waals surface area (Å²) in [5.74, 6) is 0. The molecule has 66 valence electrons. The van der Waals surface area contributed by atoms with Gasteiger partial charge in [-0.2, -0.15) is 0 Å². The molecule has 1 rings (SSSR count). The van der Waals surface area contributed by atoms with Crippen molar-refractivity contribution in [2.75, 3.05) is 0 Å². The predicted molar refractivity (Wildman–Crippen MR) is 59.7 cm³/mol. The standard InChI is InChI=1S/C11H18B/c1-6-7(2)9(4)11(12)10(5)8(6)3/h1-5,12H3/q-1. The van der Waals surface area contributed by atoms with Crippen LogP contribution in [0.4, 0.5) is 0 Å². The zero-order chi connectivity index (χ0) is 9.46. The van der Waals surface area contributed by atoms with E-state index >= 15 is 0 Å². The van der Waals surface area contributed by atoms with E-state index < -0.39 is 0 Å². The third kappa shape index (κ3) is 1.18. The lowest BCUT2D eigenvalue weighted by Crippen LogP contribution is -2.16. The largest absolute Gasteiger partial charge is 0.214 e. The lowest BCUT2D eigenvalue weighted by molar-refractivity contribution is 1.20. The molecule has 0 nitrogen and oxygen atoms in total. The van der Waals surface area contributed by atoms with Crippen molar-refractivity contribution < 1.29 is 0 Å². The highest BCUT2D eigenvalue weighted by molar-refractivity contribution is 6.34. The van der Waals surface area contributed by atoms with E-state index in [1.54, 1.807) is 16.6 Å². The number of benzene rings is 1. The Morgan fingerprint density at radius 1 is 0.583 bits per heavy atom. The topological polar surface area (TPSA) is 0 Å². The van der Waals surface area contributed by atoms with Crippen LogP contribution in [-0.4, -0.2) is 7.85 Å². The molecule has 0 amide bonds. The minimum absolute atomic E-state index is 0.342. The second-order valence-electron chi connectivity index (χ2n) is 3.25. The molecule has 0 heterocycles. The van der Waals surface area contributed by atoms with Crippen LogP contribution in [0.2, 0.25) is 0 Å². The van der Waals surface area contributed by atoms with E-state index in [1.807, 2.05) is 0 Å². The van der Waals surface area contributed by atoms with E-state index in [2.05, 4.69) is 34.6 Å². The zero-order valence-corrected chi connectivity index (χ0v) is 8.00. The van der Waals surface area contributed by atoms with Gasteiger partial charge in [0.05, 0.1) is 0 Å². The predicted octanol–water partition coefficient (Wildman–Crippen LogP) is 1.22. The first kappa shape index (κ1) is 9.37. The SMILES string of the molecule is [BH3-]c1c(C)c(C)c(C)c(C)c1C. The van der Waals surface area contributed by atoms with Gasteiger partial charge in [-0.1, -0.05) is 11.1 Å². The van der Waals surface area contributed by atoms with Crippen LogP contribution in [0.25, 0.3) is 0 Å². The Morgan fingerprint density at radius 3 is 1.17 bits per heavy atom. The van der Waals surface area contributed by atoms with Crippen molar-refractivity contribution in [1.29, 1.82) is 0 Å². The second-order valence-corrected chi connectivity index (χ2v) is 3.25. The summed E-state index contributed by atoms with van der Waals surface area (Å²) in [4.78, 5) is 0. The zero-order valence-electron chi connectivity index (χ0n) is 8.00. The van der Waals surface area contributed by atoms with Crippen molar-refractivity contribution in [3.63, 3.8) is 0 Å². The van der Waals surface area contributed by atoms with Crippen LogP contribution >= 0.6 is 0 Å². The number of hydrogen-bond donors (Lipinski definition) is 0. The Hall–Kier alpha value is -0.715. The Kier molecular flexibility index (Phi) is 2.32. The van der Waals surface area contributed by atoms with Gasteiger partial charge in [0.25, 0.3) is 0 Å². The lowest BCUT2D eigenvalue weighted by atomic mass is 9.80. The van der Waals surface area contributed by atoms with Gasteiger partial charge in [-0.15, -0.1) is 0 Å². The van der Waals surface area contributed by atoms with E-state index in [1.165, 1.54) is 16.7 Å². The molecule has 1 aromatic rings. The van der Waals surface area contributed by atoms with E-state index in [4.69, 9.17) is 0 Å². The Morgan fingerprint density at radius 2 is 0.833 bits per heavy atom. The molecule has 0 N–H and O–H groups in total. The fraction of sp³-hybridized carbons (Fsp3) is 0.455. The van der Waals surface area contributed by atoms with Crippen LogP contribution in [0.1, 0.15) is 27.8 Å². The van der Waals surface area contributed by atoms with Gasteiger partial charge in [-0.3, -0.25) is 0 Å². The normalized spacial score (nSPS) is 10.5. The molecule has 0 radical (unpaired) electrons. The molecule has 0 fully saturated rings. The summed E-state index contributed by atoms with van der Waals surface area (Å²) >= 11 is 0. The summed E-state index contributed by atoms with van der Waals surface area (Å²) in [6, 6.07) is 0. The fourth-order valence-corrected chi connectivity index (χ4v) is 1.31. The Labute approximate surface area is 76.4 Å². The highest BCUT2D eigenvalue weighted by atomic mass is 14.1. The maximum absolute atomic E-state index is 2.27. The van der Waals surface area contributed by atoms with Gasteiger partial charge in [-0.05, 0) is 59.2 Å². The van der Waals surface area contributed by atoms with Crippen LogP contribution < -0.4 is 5.46 Å². The van der Waals surface area contributed by atoms with Gasteiger partial charge in [0, 0.05) is 0 Å². The second kappa shape index (κ2) is 2.97. The van der Waals surface area contributed by atoms with E-state index in [0.717, 1.165) is 0 Å². The smallest absolute Gasteiger partial charge is 0.0194 e. The fourth-order valence-electron chi connectivity index (χ4n) is 1.31. The minimum Gasteiger partial charge on any atom is -0.214 e. The number of rotatable bonds is 0. The summed E-state index contributed by atoms with van der Waals surface area (Å²) < 4.78 is 0. The lowest BCUT2D eigenvalue weighted by Gasteiger charge is -2.19. The van der Waals surface area contributed by atoms with Gasteiger partial charge in [0.1, 0.15) is 0 Å². The third-order valence-electron chi connectivity index (χ3n) is 2.62. The average molecular weight is 161 g/mol. The van der Waals surface area contributed by atoms with E-state index in [-0.39, 0.29) is 0 Å². The first-order valence-electron chi connectivity index (χ1n) is 4.00. The molecule has 1 aromatic carbocycles. The van der Waals surface area contributed by atoms with Crippen LogP contribution in [0.15, 0.2) is 0 Å². The monoisotopic (exact) mass is 161 g/mol. The summed E-state index contributed by atoms with van der Waals surface area (Å²) in [5, 5.41) is 0. The number of hydrogen-bond acceptors (Lipinski definition) is 0. The summed E-state index contributed by atoms with van der Waals surface area (Å²) in [6.07, 6.45) is 0. The van der Waals surface area contributed by atoms with Crippen LogP contribution in [-0.2, 0) is 0 Å². The van der Waals surface area contributed by atoms with Gasteiger partial charge in [-0.25, -0.2) is 5.46 Å². The van der Waals surface area contributed by atoms with Crippen molar-refractivity contribution in [3.05, 3.63) is 27.8 Å². The van der Waals surface area contributed by atoms with Gasteiger partial charge < -0.3 is 0 Å². The molecule has 0 aliphatic carbocycles. The van der Waals surface area contributed by atoms with Crippen molar-refractivity contribution in [3.8, 4) is 0 Å². The molecule has 0 aliphatic rings. The molecule has 0 saturated heterocycles. The molecule has 12 heavy (non-hydrogen) atoms. The maximum Gasteiger partial charge on any atom is -0.0194 e. The maximum atomic E-state index is 2.27. The van der Waals surface area contributed by atoms with E-state index in [9.17, 15) is 0 Å². The Balaban J connectivity index is 3.60. The van der Waals surface area contributed by atoms with Crippen molar-refractivity contribution in [2.45, 2.75) is 34.6 Å². The molecule has 1 heteroatoms. The highest BCUT2D eigenvalue weighted by Gasteiger charge is 2.04. The molecule has 0 spiro atoms. The summed E-state index contributed by atoms with van der Waals surface area (Å²) in [6.45, 7) is 11.3. The van der Waals surface area contributed by atoms with Gasteiger partial charge in [0.2, 0.25) is 0 Å². The molecular formula is C11H18B-. The van der Waals surface area contributed by atoms with Gasteiger partial charge >= 0.3 is 0 Å². The molecular weight excluding hydrogens is 143 g/mol. The van der Waals surface area contributed by atoms with Crippen LogP contribution in [0, 0.1) is 34.6 Å². The average Bonchev–Trinajstić information content (AvgIpc) is 2.08.